The Balaban J connectivity index is 1.36. The Morgan fingerprint density at radius 3 is 2.24 bits per heavy atom. The van der Waals surface area contributed by atoms with Crippen molar-refractivity contribution in [1.29, 1.82) is 0 Å². The molecule has 1 aliphatic heterocycles. The van der Waals surface area contributed by atoms with E-state index in [1.807, 2.05) is 42.5 Å². The van der Waals surface area contributed by atoms with Crippen molar-refractivity contribution in [2.24, 2.45) is 0 Å². The number of anilines is 1. The lowest BCUT2D eigenvalue weighted by molar-refractivity contribution is 0.0989. The molecule has 1 heterocycles. The molecule has 33 heavy (non-hydrogen) atoms. The summed E-state index contributed by atoms with van der Waals surface area (Å²) in [6.07, 6.45) is 0.811. The maximum Gasteiger partial charge on any atom is 0.315 e. The summed E-state index contributed by atoms with van der Waals surface area (Å²) in [6, 6.07) is 20.4. The second-order valence-corrected chi connectivity index (χ2v) is 7.79. The van der Waals surface area contributed by atoms with Gasteiger partial charge in [-0.2, -0.15) is 0 Å². The minimum atomic E-state index is -0.260. The monoisotopic (exact) mass is 445 g/mol. The Morgan fingerprint density at radius 2 is 1.55 bits per heavy atom. The summed E-state index contributed by atoms with van der Waals surface area (Å²) in [7, 11) is 3.21. The number of amides is 3. The van der Waals surface area contributed by atoms with Crippen LogP contribution in [0.25, 0.3) is 0 Å². The van der Waals surface area contributed by atoms with Gasteiger partial charge in [-0.15, -0.1) is 0 Å². The molecule has 0 saturated heterocycles. The Kier molecular flexibility index (Phi) is 6.78. The predicted molar refractivity (Wildman–Crippen MR) is 127 cm³/mol. The highest BCUT2D eigenvalue weighted by Gasteiger charge is 2.25. The van der Waals surface area contributed by atoms with Crippen LogP contribution in [0.4, 0.5) is 10.5 Å². The fourth-order valence-electron chi connectivity index (χ4n) is 3.84. The van der Waals surface area contributed by atoms with E-state index < -0.39 is 0 Å². The lowest BCUT2D eigenvalue weighted by Gasteiger charge is -2.18. The maximum atomic E-state index is 13.0. The van der Waals surface area contributed by atoms with Crippen molar-refractivity contribution in [1.82, 2.24) is 10.6 Å². The molecule has 0 aliphatic carbocycles. The highest BCUT2D eigenvalue weighted by Crippen LogP contribution is 2.30. The molecule has 4 rings (SSSR count). The number of rotatable bonds is 7. The molecule has 0 bridgehead atoms. The van der Waals surface area contributed by atoms with E-state index in [9.17, 15) is 9.59 Å². The van der Waals surface area contributed by atoms with E-state index in [0.29, 0.717) is 30.9 Å². The fourth-order valence-corrected chi connectivity index (χ4v) is 3.84. The van der Waals surface area contributed by atoms with E-state index in [1.54, 1.807) is 43.4 Å². The number of fused-ring (bicyclic) bond motifs is 1. The molecule has 0 atom stereocenters. The number of hydrogen-bond acceptors (Lipinski definition) is 4. The molecule has 3 aromatic rings. The Labute approximate surface area is 193 Å². The van der Waals surface area contributed by atoms with E-state index in [-0.39, 0.29) is 11.9 Å². The molecular weight excluding hydrogens is 418 g/mol. The number of nitrogens with one attached hydrogen (secondary N) is 2. The number of nitrogens with zero attached hydrogens (tertiary/aromatic N) is 1. The summed E-state index contributed by atoms with van der Waals surface area (Å²) in [5, 5.41) is 5.73. The van der Waals surface area contributed by atoms with Crippen molar-refractivity contribution >= 4 is 17.6 Å². The first-order valence-corrected chi connectivity index (χ1v) is 10.8. The second kappa shape index (κ2) is 10.1. The molecule has 0 radical (unpaired) electrons. The second-order valence-electron chi connectivity index (χ2n) is 7.79. The lowest BCUT2D eigenvalue weighted by Crippen LogP contribution is -2.34. The number of methoxy groups -OCH3 is 2. The predicted octanol–water partition coefficient (Wildman–Crippen LogP) is 3.91. The van der Waals surface area contributed by atoms with Gasteiger partial charge >= 0.3 is 6.03 Å². The Bertz CT molecular complexity index is 1140. The minimum absolute atomic E-state index is 0.0439. The van der Waals surface area contributed by atoms with Crippen LogP contribution in [0.2, 0.25) is 0 Å². The van der Waals surface area contributed by atoms with E-state index in [4.69, 9.17) is 9.47 Å². The first-order valence-electron chi connectivity index (χ1n) is 10.8. The van der Waals surface area contributed by atoms with Gasteiger partial charge in [0.1, 0.15) is 11.5 Å². The zero-order valence-corrected chi connectivity index (χ0v) is 18.8. The van der Waals surface area contributed by atoms with Gasteiger partial charge in [0.25, 0.3) is 5.91 Å². The largest absolute Gasteiger partial charge is 0.497 e. The SMILES string of the molecule is COc1ccc(C(=O)N2CCc3ccc(CNC(=O)NCc4cccc(OC)c4)cc32)cc1. The van der Waals surface area contributed by atoms with E-state index in [2.05, 4.69) is 10.6 Å². The summed E-state index contributed by atoms with van der Waals surface area (Å²) in [4.78, 5) is 27.1. The highest BCUT2D eigenvalue weighted by atomic mass is 16.5. The standard InChI is InChI=1S/C26H27N3O4/c1-32-22-10-8-21(9-11-22)25(30)29-13-12-20-7-6-19(15-24(20)29)17-28-26(31)27-16-18-4-3-5-23(14-18)33-2/h3-11,14-15H,12-13,16-17H2,1-2H3,(H2,27,28,31). The fraction of sp³-hybridized carbons (Fsp3) is 0.231. The first-order chi connectivity index (χ1) is 16.1. The zero-order chi connectivity index (χ0) is 23.2. The smallest absolute Gasteiger partial charge is 0.315 e. The summed E-state index contributed by atoms with van der Waals surface area (Å²) >= 11 is 0. The van der Waals surface area contributed by atoms with Gasteiger partial charge in [0.05, 0.1) is 14.2 Å². The molecule has 3 amide bonds. The molecule has 0 unspecified atom stereocenters. The molecule has 170 valence electrons. The van der Waals surface area contributed by atoms with Crippen molar-refractivity contribution in [2.45, 2.75) is 19.5 Å². The van der Waals surface area contributed by atoms with Crippen LogP contribution < -0.4 is 25.0 Å². The van der Waals surface area contributed by atoms with Crippen molar-refractivity contribution in [3.63, 3.8) is 0 Å². The van der Waals surface area contributed by atoms with Gasteiger partial charge in [-0.1, -0.05) is 24.3 Å². The first kappa shape index (κ1) is 22.2. The highest BCUT2D eigenvalue weighted by molar-refractivity contribution is 6.07. The van der Waals surface area contributed by atoms with E-state index in [0.717, 1.165) is 34.5 Å². The van der Waals surface area contributed by atoms with Gasteiger partial charge in [-0.25, -0.2) is 4.79 Å². The van der Waals surface area contributed by atoms with Crippen molar-refractivity contribution in [3.05, 3.63) is 89.0 Å². The van der Waals surface area contributed by atoms with E-state index >= 15 is 0 Å². The summed E-state index contributed by atoms with van der Waals surface area (Å²) in [5.41, 5.74) is 4.52. The van der Waals surface area contributed by atoms with Gasteiger partial charge in [0.2, 0.25) is 0 Å². The van der Waals surface area contributed by atoms with Crippen LogP contribution >= 0.6 is 0 Å². The Morgan fingerprint density at radius 1 is 0.848 bits per heavy atom. The summed E-state index contributed by atoms with van der Waals surface area (Å²) in [5.74, 6) is 1.42. The third-order valence-electron chi connectivity index (χ3n) is 5.67. The van der Waals surface area contributed by atoms with Crippen LogP contribution in [-0.2, 0) is 19.5 Å². The summed E-state index contributed by atoms with van der Waals surface area (Å²) in [6.45, 7) is 1.40. The molecule has 0 fully saturated rings. The van der Waals surface area contributed by atoms with Gasteiger partial charge in [0, 0.05) is 30.9 Å². The molecule has 0 saturated carbocycles. The maximum absolute atomic E-state index is 13.0. The molecule has 3 aromatic carbocycles. The number of carbonyl (C=O) groups excluding carboxylic acids is 2. The minimum Gasteiger partial charge on any atom is -0.497 e. The average Bonchev–Trinajstić information content (AvgIpc) is 3.29. The van der Waals surface area contributed by atoms with Crippen LogP contribution in [0.3, 0.4) is 0 Å². The van der Waals surface area contributed by atoms with Crippen molar-refractivity contribution in [2.75, 3.05) is 25.7 Å². The number of hydrogen-bond donors (Lipinski definition) is 2. The van der Waals surface area contributed by atoms with Crippen LogP contribution in [0.5, 0.6) is 11.5 Å². The lowest BCUT2D eigenvalue weighted by atomic mass is 10.1. The molecular formula is C26H27N3O4. The van der Waals surface area contributed by atoms with Crippen molar-refractivity contribution in [3.8, 4) is 11.5 Å². The van der Waals surface area contributed by atoms with Crippen LogP contribution in [0.1, 0.15) is 27.0 Å². The van der Waals surface area contributed by atoms with E-state index in [1.165, 1.54) is 0 Å². The van der Waals surface area contributed by atoms with Gasteiger partial charge in [-0.05, 0) is 65.6 Å². The summed E-state index contributed by atoms with van der Waals surface area (Å²) < 4.78 is 10.4. The van der Waals surface area contributed by atoms with Gasteiger partial charge < -0.3 is 25.0 Å². The zero-order valence-electron chi connectivity index (χ0n) is 18.8. The molecule has 0 aromatic heterocycles. The quantitative estimate of drug-likeness (QED) is 0.578. The number of benzene rings is 3. The van der Waals surface area contributed by atoms with Crippen LogP contribution in [0.15, 0.2) is 66.7 Å². The number of ether oxygens (including phenoxy) is 2. The van der Waals surface area contributed by atoms with Crippen LogP contribution in [0, 0.1) is 0 Å². The molecule has 2 N–H and O–H groups in total. The Hall–Kier alpha value is -4.00. The number of urea groups is 1. The molecule has 7 heteroatoms. The third kappa shape index (κ3) is 5.26. The van der Waals surface area contributed by atoms with Gasteiger partial charge in [0.15, 0.2) is 0 Å². The van der Waals surface area contributed by atoms with Gasteiger partial charge in [-0.3, -0.25) is 4.79 Å². The normalized spacial score (nSPS) is 12.1. The molecule has 0 spiro atoms. The third-order valence-corrected chi connectivity index (χ3v) is 5.67. The average molecular weight is 446 g/mol. The topological polar surface area (TPSA) is 79.9 Å². The number of carbonyl (C=O) groups is 2. The van der Waals surface area contributed by atoms with Crippen molar-refractivity contribution < 1.29 is 19.1 Å². The van der Waals surface area contributed by atoms with Crippen LogP contribution in [-0.4, -0.2) is 32.7 Å². The molecule has 7 nitrogen and oxygen atoms in total. The molecule has 1 aliphatic rings.